The van der Waals surface area contributed by atoms with Crippen molar-refractivity contribution >= 4 is 0 Å². The Morgan fingerprint density at radius 1 is 0.955 bits per heavy atom. The molecule has 1 aromatic rings. The summed E-state index contributed by atoms with van der Waals surface area (Å²) >= 11 is 0. The lowest BCUT2D eigenvalue weighted by Crippen LogP contribution is -2.55. The Kier molecular flexibility index (Phi) is 3.89. The Balaban J connectivity index is 1.49. The van der Waals surface area contributed by atoms with E-state index in [-0.39, 0.29) is 0 Å². The molecule has 2 nitrogen and oxygen atoms in total. The Labute approximate surface area is 134 Å². The first-order valence-electron chi connectivity index (χ1n) is 9.13. The highest BCUT2D eigenvalue weighted by Gasteiger charge is 2.49. The fraction of sp³-hybridized carbons (Fsp3) is 0.700. The van der Waals surface area contributed by atoms with Crippen molar-refractivity contribution in [3.8, 4) is 5.75 Å². The molecule has 0 unspecified atom stereocenters. The van der Waals surface area contributed by atoms with E-state index in [0.29, 0.717) is 0 Å². The maximum absolute atomic E-state index is 5.28. The largest absolute Gasteiger partial charge is 0.497 e. The predicted octanol–water partition coefficient (Wildman–Crippen LogP) is 4.34. The Hall–Kier alpha value is -1.02. The molecule has 0 atom stereocenters. The van der Waals surface area contributed by atoms with Crippen LogP contribution >= 0.6 is 0 Å². The van der Waals surface area contributed by atoms with E-state index in [1.54, 1.807) is 13.5 Å². The quantitative estimate of drug-likeness (QED) is 0.802. The second-order valence-corrected chi connectivity index (χ2v) is 7.83. The lowest BCUT2D eigenvalue weighted by atomic mass is 9.54. The number of hydrogen-bond donors (Lipinski definition) is 0. The molecular formula is C20H29NO. The SMILES string of the molecule is CCN(Cc1ccc(OC)cc1)C1C2CC3CC(C2)CC1C3. The molecule has 0 aliphatic heterocycles. The van der Waals surface area contributed by atoms with Crippen LogP contribution in [0.25, 0.3) is 0 Å². The fourth-order valence-electron chi connectivity index (χ4n) is 5.89. The summed E-state index contributed by atoms with van der Waals surface area (Å²) in [5, 5.41) is 0. The molecule has 4 bridgehead atoms. The Bertz CT molecular complexity index is 481. The van der Waals surface area contributed by atoms with Gasteiger partial charge in [-0.15, -0.1) is 0 Å². The molecule has 0 saturated heterocycles. The van der Waals surface area contributed by atoms with E-state index in [4.69, 9.17) is 4.74 Å². The van der Waals surface area contributed by atoms with Gasteiger partial charge in [0.25, 0.3) is 0 Å². The second kappa shape index (κ2) is 5.88. The van der Waals surface area contributed by atoms with E-state index in [9.17, 15) is 0 Å². The number of benzene rings is 1. The highest BCUT2D eigenvalue weighted by atomic mass is 16.5. The first-order chi connectivity index (χ1) is 10.8. The zero-order valence-electron chi connectivity index (χ0n) is 14.0. The van der Waals surface area contributed by atoms with E-state index < -0.39 is 0 Å². The molecule has 0 spiro atoms. The van der Waals surface area contributed by atoms with E-state index in [2.05, 4.69) is 36.1 Å². The molecule has 0 heterocycles. The molecule has 4 aliphatic carbocycles. The van der Waals surface area contributed by atoms with Gasteiger partial charge in [-0.1, -0.05) is 19.1 Å². The molecule has 4 fully saturated rings. The number of nitrogens with zero attached hydrogens (tertiary/aromatic N) is 1. The van der Waals surface area contributed by atoms with Gasteiger partial charge in [-0.2, -0.15) is 0 Å². The van der Waals surface area contributed by atoms with Gasteiger partial charge in [-0.25, -0.2) is 0 Å². The van der Waals surface area contributed by atoms with Crippen molar-refractivity contribution < 1.29 is 4.74 Å². The molecule has 0 radical (unpaired) electrons. The molecule has 120 valence electrons. The van der Waals surface area contributed by atoms with Gasteiger partial charge in [0.1, 0.15) is 5.75 Å². The summed E-state index contributed by atoms with van der Waals surface area (Å²) in [7, 11) is 1.74. The van der Waals surface area contributed by atoms with Gasteiger partial charge in [0, 0.05) is 12.6 Å². The van der Waals surface area contributed by atoms with E-state index in [1.807, 2.05) is 0 Å². The van der Waals surface area contributed by atoms with Crippen LogP contribution < -0.4 is 4.74 Å². The Morgan fingerprint density at radius 2 is 1.55 bits per heavy atom. The van der Waals surface area contributed by atoms with Gasteiger partial charge >= 0.3 is 0 Å². The summed E-state index contributed by atoms with van der Waals surface area (Å²) in [5.41, 5.74) is 1.43. The lowest BCUT2D eigenvalue weighted by Gasteiger charge is -2.57. The standard InChI is InChI=1S/C20H29NO/c1-3-21(13-14-4-6-19(22-2)7-5-14)20-17-9-15-8-16(11-17)12-18(20)10-15/h4-7,15-18,20H,3,8-13H2,1-2H3. The van der Waals surface area contributed by atoms with Gasteiger partial charge < -0.3 is 4.74 Å². The van der Waals surface area contributed by atoms with Crippen LogP contribution in [0.4, 0.5) is 0 Å². The zero-order chi connectivity index (χ0) is 15.1. The molecular weight excluding hydrogens is 270 g/mol. The average molecular weight is 299 g/mol. The first-order valence-corrected chi connectivity index (χ1v) is 9.13. The van der Waals surface area contributed by atoms with Crippen LogP contribution in [0.1, 0.15) is 44.6 Å². The summed E-state index contributed by atoms with van der Waals surface area (Å²) in [4.78, 5) is 2.77. The summed E-state index contributed by atoms with van der Waals surface area (Å²) < 4.78 is 5.28. The Morgan fingerprint density at radius 3 is 2.05 bits per heavy atom. The third kappa shape index (κ3) is 2.56. The topological polar surface area (TPSA) is 12.5 Å². The van der Waals surface area contributed by atoms with E-state index >= 15 is 0 Å². The van der Waals surface area contributed by atoms with Crippen LogP contribution in [0, 0.1) is 23.7 Å². The first kappa shape index (κ1) is 14.6. The van der Waals surface area contributed by atoms with Crippen molar-refractivity contribution in [2.45, 2.75) is 51.6 Å². The highest BCUT2D eigenvalue weighted by Crippen LogP contribution is 2.55. The molecule has 2 heteroatoms. The number of rotatable bonds is 5. The summed E-state index contributed by atoms with van der Waals surface area (Å²) in [5.74, 6) is 5.06. The van der Waals surface area contributed by atoms with Crippen molar-refractivity contribution in [2.75, 3.05) is 13.7 Å². The summed E-state index contributed by atoms with van der Waals surface area (Å²) in [6.07, 6.45) is 7.59. The van der Waals surface area contributed by atoms with Gasteiger partial charge in [-0.05, 0) is 80.0 Å². The molecule has 0 amide bonds. The average Bonchev–Trinajstić information content (AvgIpc) is 2.53. The highest BCUT2D eigenvalue weighted by molar-refractivity contribution is 5.27. The maximum Gasteiger partial charge on any atom is 0.118 e. The molecule has 5 rings (SSSR count). The molecule has 0 N–H and O–H groups in total. The van der Waals surface area contributed by atoms with Crippen LogP contribution in [-0.4, -0.2) is 24.6 Å². The van der Waals surface area contributed by atoms with Crippen LogP contribution in [0.2, 0.25) is 0 Å². The minimum atomic E-state index is 0.847. The van der Waals surface area contributed by atoms with Crippen molar-refractivity contribution in [3.05, 3.63) is 29.8 Å². The zero-order valence-corrected chi connectivity index (χ0v) is 14.0. The van der Waals surface area contributed by atoms with Crippen molar-refractivity contribution in [3.63, 3.8) is 0 Å². The van der Waals surface area contributed by atoms with Crippen LogP contribution in [-0.2, 0) is 6.54 Å². The van der Waals surface area contributed by atoms with E-state index in [0.717, 1.165) is 42.0 Å². The van der Waals surface area contributed by atoms with Crippen molar-refractivity contribution in [1.82, 2.24) is 4.90 Å². The minimum absolute atomic E-state index is 0.847. The predicted molar refractivity (Wildman–Crippen MR) is 89.9 cm³/mol. The van der Waals surface area contributed by atoms with E-state index in [1.165, 1.54) is 37.8 Å². The van der Waals surface area contributed by atoms with Crippen LogP contribution in [0.15, 0.2) is 24.3 Å². The molecule has 22 heavy (non-hydrogen) atoms. The summed E-state index contributed by atoms with van der Waals surface area (Å²) in [6.45, 7) is 4.63. The van der Waals surface area contributed by atoms with Gasteiger partial charge in [0.15, 0.2) is 0 Å². The molecule has 1 aromatic carbocycles. The smallest absolute Gasteiger partial charge is 0.118 e. The monoisotopic (exact) mass is 299 g/mol. The normalized spacial score (nSPS) is 36.0. The number of hydrogen-bond acceptors (Lipinski definition) is 2. The van der Waals surface area contributed by atoms with Gasteiger partial charge in [-0.3, -0.25) is 4.90 Å². The lowest BCUT2D eigenvalue weighted by molar-refractivity contribution is -0.0666. The van der Waals surface area contributed by atoms with Gasteiger partial charge in [0.2, 0.25) is 0 Å². The third-order valence-corrected chi connectivity index (χ3v) is 6.55. The molecule has 4 aliphatic rings. The second-order valence-electron chi connectivity index (χ2n) is 7.83. The third-order valence-electron chi connectivity index (χ3n) is 6.55. The fourth-order valence-corrected chi connectivity index (χ4v) is 5.89. The summed E-state index contributed by atoms with van der Waals surface area (Å²) in [6, 6.07) is 9.51. The molecule has 0 aromatic heterocycles. The number of ether oxygens (including phenoxy) is 1. The van der Waals surface area contributed by atoms with Crippen molar-refractivity contribution in [1.29, 1.82) is 0 Å². The van der Waals surface area contributed by atoms with Crippen LogP contribution in [0.5, 0.6) is 5.75 Å². The van der Waals surface area contributed by atoms with Crippen LogP contribution in [0.3, 0.4) is 0 Å². The van der Waals surface area contributed by atoms with Crippen molar-refractivity contribution in [2.24, 2.45) is 23.7 Å². The molecule has 4 saturated carbocycles. The maximum atomic E-state index is 5.28. The minimum Gasteiger partial charge on any atom is -0.497 e. The number of methoxy groups -OCH3 is 1. The van der Waals surface area contributed by atoms with Gasteiger partial charge in [0.05, 0.1) is 7.11 Å².